The molecule has 1 unspecified atom stereocenters. The number of carbonyl (C=O) groups excluding carboxylic acids is 1. The highest BCUT2D eigenvalue weighted by Gasteiger charge is 2.19. The topological polar surface area (TPSA) is 86.8 Å². The molecule has 1 aromatic heterocycles. The van der Waals surface area contributed by atoms with Gasteiger partial charge in [0.1, 0.15) is 19.3 Å². The number of aromatic nitrogens is 1. The minimum Gasteiger partial charge on any atom is -0.462 e. The first-order chi connectivity index (χ1) is 9.54. The summed E-state index contributed by atoms with van der Waals surface area (Å²) in [6.45, 7) is 2.29. The molecule has 1 atom stereocenters. The normalized spacial score (nSPS) is 19.8. The molecule has 0 saturated carbocycles. The molecule has 1 fully saturated rings. The fourth-order valence-electron chi connectivity index (χ4n) is 2.01. The van der Waals surface area contributed by atoms with Crippen molar-refractivity contribution in [3.63, 3.8) is 0 Å². The maximum Gasteiger partial charge on any atom is 0.326 e. The second-order valence-electron chi connectivity index (χ2n) is 4.87. The third-order valence-corrected chi connectivity index (χ3v) is 3.08. The van der Waals surface area contributed by atoms with Gasteiger partial charge in [-0.3, -0.25) is 9.59 Å². The standard InChI is InChI=1S/C13H19N3O4/c1-15-4-5-19-11(7-15)9-20-13(18)8-16-6-10(14)2-3-12(16)17/h2-3,6,11H,4-5,7-9,14H2,1H3. The Kier molecular flexibility index (Phi) is 4.75. The van der Waals surface area contributed by atoms with Gasteiger partial charge in [-0.1, -0.05) is 0 Å². The summed E-state index contributed by atoms with van der Waals surface area (Å²) in [5.74, 6) is -0.477. The highest BCUT2D eigenvalue weighted by Crippen LogP contribution is 2.04. The number of carbonyl (C=O) groups is 1. The minimum atomic E-state index is -0.477. The largest absolute Gasteiger partial charge is 0.462 e. The van der Waals surface area contributed by atoms with Crippen molar-refractivity contribution in [2.45, 2.75) is 12.6 Å². The number of hydrogen-bond acceptors (Lipinski definition) is 6. The van der Waals surface area contributed by atoms with Crippen LogP contribution >= 0.6 is 0 Å². The van der Waals surface area contributed by atoms with E-state index in [-0.39, 0.29) is 24.8 Å². The Labute approximate surface area is 116 Å². The Morgan fingerprint density at radius 3 is 3.10 bits per heavy atom. The predicted octanol–water partition coefficient (Wildman–Crippen LogP) is -0.696. The van der Waals surface area contributed by atoms with Crippen LogP contribution in [0.2, 0.25) is 0 Å². The second kappa shape index (κ2) is 6.53. The van der Waals surface area contributed by atoms with Crippen molar-refractivity contribution in [1.82, 2.24) is 9.47 Å². The van der Waals surface area contributed by atoms with Crippen LogP contribution in [0, 0.1) is 0 Å². The molecule has 0 radical (unpaired) electrons. The summed E-state index contributed by atoms with van der Waals surface area (Å²) < 4.78 is 11.8. The number of ether oxygens (including phenoxy) is 2. The van der Waals surface area contributed by atoms with Gasteiger partial charge in [0, 0.05) is 31.0 Å². The van der Waals surface area contributed by atoms with Gasteiger partial charge in [0.25, 0.3) is 5.56 Å². The first-order valence-corrected chi connectivity index (χ1v) is 6.46. The zero-order valence-corrected chi connectivity index (χ0v) is 11.4. The first kappa shape index (κ1) is 14.5. The van der Waals surface area contributed by atoms with Gasteiger partial charge in [-0.05, 0) is 13.1 Å². The van der Waals surface area contributed by atoms with Gasteiger partial charge in [0.05, 0.1) is 6.61 Å². The van der Waals surface area contributed by atoms with E-state index in [1.165, 1.54) is 22.9 Å². The summed E-state index contributed by atoms with van der Waals surface area (Å²) in [6.07, 6.45) is 1.31. The molecule has 1 aromatic rings. The Balaban J connectivity index is 1.83. The lowest BCUT2D eigenvalue weighted by atomic mass is 10.3. The van der Waals surface area contributed by atoms with Crippen LogP contribution in [0.25, 0.3) is 0 Å². The van der Waals surface area contributed by atoms with Crippen LogP contribution in [0.15, 0.2) is 23.1 Å². The molecule has 1 aliphatic rings. The number of nitrogen functional groups attached to an aromatic ring is 1. The molecule has 0 spiro atoms. The molecule has 7 heteroatoms. The molecule has 2 heterocycles. The van der Waals surface area contributed by atoms with Crippen LogP contribution in [0.1, 0.15) is 0 Å². The smallest absolute Gasteiger partial charge is 0.326 e. The molecule has 0 amide bonds. The van der Waals surface area contributed by atoms with Gasteiger partial charge in [-0.2, -0.15) is 0 Å². The summed E-state index contributed by atoms with van der Waals surface area (Å²) in [4.78, 5) is 25.3. The van der Waals surface area contributed by atoms with Crippen LogP contribution in [0.4, 0.5) is 5.69 Å². The Morgan fingerprint density at radius 1 is 1.55 bits per heavy atom. The van der Waals surface area contributed by atoms with E-state index in [1.54, 1.807) is 0 Å². The maximum absolute atomic E-state index is 11.7. The molecule has 1 saturated heterocycles. The van der Waals surface area contributed by atoms with E-state index in [0.717, 1.165) is 13.1 Å². The van der Waals surface area contributed by atoms with Crippen LogP contribution in [0.5, 0.6) is 0 Å². The number of nitrogens with two attached hydrogens (primary N) is 1. The SMILES string of the molecule is CN1CCOC(COC(=O)Cn2cc(N)ccc2=O)C1. The number of anilines is 1. The number of pyridine rings is 1. The minimum absolute atomic E-state index is 0.115. The van der Waals surface area contributed by atoms with E-state index < -0.39 is 5.97 Å². The summed E-state index contributed by atoms with van der Waals surface area (Å²) in [5, 5.41) is 0. The van der Waals surface area contributed by atoms with Crippen LogP contribution in [-0.2, 0) is 20.8 Å². The first-order valence-electron chi connectivity index (χ1n) is 6.46. The number of nitrogens with zero attached hydrogens (tertiary/aromatic N) is 2. The molecule has 2 rings (SSSR count). The van der Waals surface area contributed by atoms with Gasteiger partial charge < -0.3 is 24.7 Å². The molecule has 110 valence electrons. The third-order valence-electron chi connectivity index (χ3n) is 3.08. The van der Waals surface area contributed by atoms with Gasteiger partial charge in [-0.15, -0.1) is 0 Å². The average Bonchev–Trinajstić information content (AvgIpc) is 2.41. The van der Waals surface area contributed by atoms with Crippen molar-refractivity contribution in [3.8, 4) is 0 Å². The Hall–Kier alpha value is -1.86. The number of morpholine rings is 1. The quantitative estimate of drug-likeness (QED) is 0.735. The van der Waals surface area contributed by atoms with Gasteiger partial charge in [0.15, 0.2) is 0 Å². The third kappa shape index (κ3) is 4.07. The van der Waals surface area contributed by atoms with Crippen molar-refractivity contribution in [2.75, 3.05) is 39.1 Å². The molecule has 1 aliphatic heterocycles. The van der Waals surface area contributed by atoms with Crippen LogP contribution in [-0.4, -0.2) is 54.9 Å². The van der Waals surface area contributed by atoms with Crippen molar-refractivity contribution in [1.29, 1.82) is 0 Å². The number of esters is 1. The van der Waals surface area contributed by atoms with E-state index in [2.05, 4.69) is 4.90 Å². The van der Waals surface area contributed by atoms with E-state index in [0.29, 0.717) is 12.3 Å². The summed E-state index contributed by atoms with van der Waals surface area (Å²) in [7, 11) is 1.99. The Morgan fingerprint density at radius 2 is 2.35 bits per heavy atom. The van der Waals surface area contributed by atoms with E-state index >= 15 is 0 Å². The predicted molar refractivity (Wildman–Crippen MR) is 73.3 cm³/mol. The summed E-state index contributed by atoms with van der Waals surface area (Å²) in [6, 6.07) is 2.82. The average molecular weight is 281 g/mol. The van der Waals surface area contributed by atoms with Gasteiger partial charge in [0.2, 0.25) is 0 Å². The maximum atomic E-state index is 11.7. The molecule has 0 aromatic carbocycles. The second-order valence-corrected chi connectivity index (χ2v) is 4.87. The molecular weight excluding hydrogens is 262 g/mol. The lowest BCUT2D eigenvalue weighted by Gasteiger charge is -2.29. The van der Waals surface area contributed by atoms with Crippen LogP contribution < -0.4 is 11.3 Å². The number of hydrogen-bond donors (Lipinski definition) is 1. The summed E-state index contributed by atoms with van der Waals surface area (Å²) in [5.41, 5.74) is 5.71. The Bertz CT molecular complexity index is 529. The van der Waals surface area contributed by atoms with Crippen molar-refractivity contribution < 1.29 is 14.3 Å². The van der Waals surface area contributed by atoms with Gasteiger partial charge in [-0.25, -0.2) is 0 Å². The molecule has 20 heavy (non-hydrogen) atoms. The molecule has 0 bridgehead atoms. The molecule has 2 N–H and O–H groups in total. The fourth-order valence-corrected chi connectivity index (χ4v) is 2.01. The molecule has 0 aliphatic carbocycles. The zero-order chi connectivity index (χ0) is 14.5. The monoisotopic (exact) mass is 281 g/mol. The fraction of sp³-hybridized carbons (Fsp3) is 0.538. The highest BCUT2D eigenvalue weighted by molar-refractivity contribution is 5.69. The van der Waals surface area contributed by atoms with E-state index in [4.69, 9.17) is 15.2 Å². The molecular formula is C13H19N3O4. The molecule has 7 nitrogen and oxygen atoms in total. The number of rotatable bonds is 4. The van der Waals surface area contributed by atoms with Crippen molar-refractivity contribution in [3.05, 3.63) is 28.7 Å². The van der Waals surface area contributed by atoms with Crippen molar-refractivity contribution in [2.24, 2.45) is 0 Å². The van der Waals surface area contributed by atoms with Crippen LogP contribution in [0.3, 0.4) is 0 Å². The zero-order valence-electron chi connectivity index (χ0n) is 11.4. The van der Waals surface area contributed by atoms with E-state index in [1.807, 2.05) is 7.05 Å². The van der Waals surface area contributed by atoms with E-state index in [9.17, 15) is 9.59 Å². The number of likely N-dealkylation sites (N-methyl/N-ethyl adjacent to an activating group) is 1. The lowest BCUT2D eigenvalue weighted by Crippen LogP contribution is -2.42. The lowest BCUT2D eigenvalue weighted by molar-refractivity contribution is -0.150. The summed E-state index contributed by atoms with van der Waals surface area (Å²) >= 11 is 0. The highest BCUT2D eigenvalue weighted by atomic mass is 16.6. The van der Waals surface area contributed by atoms with Crippen molar-refractivity contribution >= 4 is 11.7 Å². The van der Waals surface area contributed by atoms with Gasteiger partial charge >= 0.3 is 5.97 Å².